The predicted octanol–water partition coefficient (Wildman–Crippen LogP) is 2.62. The molecular formula is C14H12N2O2. The molecule has 0 saturated carbocycles. The molecule has 0 spiro atoms. The number of hydrogen-bond donors (Lipinski definition) is 2. The zero-order chi connectivity index (χ0) is 12.7. The molecule has 2 aromatic carbocycles. The zero-order valence-corrected chi connectivity index (χ0v) is 9.63. The molecule has 0 heterocycles. The number of rotatable bonds is 1. The van der Waals surface area contributed by atoms with Crippen LogP contribution in [0.5, 0.6) is 0 Å². The number of nitrogens with two attached hydrogens (primary N) is 1. The monoisotopic (exact) mass is 240 g/mol. The second-order valence-electron chi connectivity index (χ2n) is 4.29. The second kappa shape index (κ2) is 3.85. The van der Waals surface area contributed by atoms with Gasteiger partial charge in [-0.2, -0.15) is 0 Å². The summed E-state index contributed by atoms with van der Waals surface area (Å²) in [4.78, 5) is 11.0. The molecule has 18 heavy (non-hydrogen) atoms. The molecule has 1 aliphatic carbocycles. The highest BCUT2D eigenvalue weighted by atomic mass is 16.4. The Bertz CT molecular complexity index is 637. The number of hydrazine groups is 1. The van der Waals surface area contributed by atoms with Gasteiger partial charge in [0.25, 0.3) is 0 Å². The summed E-state index contributed by atoms with van der Waals surface area (Å²) < 4.78 is 0. The molecule has 2 aromatic rings. The van der Waals surface area contributed by atoms with Gasteiger partial charge in [0.1, 0.15) is 0 Å². The molecule has 3 N–H and O–H groups in total. The van der Waals surface area contributed by atoms with Crippen molar-refractivity contribution in [2.45, 2.75) is 6.42 Å². The summed E-state index contributed by atoms with van der Waals surface area (Å²) in [5.41, 5.74) is 4.96. The van der Waals surface area contributed by atoms with E-state index in [9.17, 15) is 4.79 Å². The standard InChI is InChI=1S/C14H12N2O2/c15-16(14(17)18)13-7-3-6-11-10-5-2-1-4-9(10)8-12(11)13/h1-7H,8,15H2,(H,17,18). The zero-order valence-electron chi connectivity index (χ0n) is 9.63. The number of benzene rings is 2. The van der Waals surface area contributed by atoms with Crippen molar-refractivity contribution in [2.75, 3.05) is 5.01 Å². The largest absolute Gasteiger partial charge is 0.464 e. The summed E-state index contributed by atoms with van der Waals surface area (Å²) in [6.45, 7) is 0. The van der Waals surface area contributed by atoms with Crippen LogP contribution in [0.15, 0.2) is 42.5 Å². The van der Waals surface area contributed by atoms with Gasteiger partial charge in [0, 0.05) is 6.42 Å². The van der Waals surface area contributed by atoms with Gasteiger partial charge in [0.2, 0.25) is 0 Å². The lowest BCUT2D eigenvalue weighted by Gasteiger charge is -2.16. The van der Waals surface area contributed by atoms with Crippen LogP contribution in [0.25, 0.3) is 11.1 Å². The molecule has 0 bridgehead atoms. The highest BCUT2D eigenvalue weighted by molar-refractivity contribution is 5.90. The SMILES string of the molecule is NN(C(=O)O)c1cccc2c1Cc1ccccc1-2. The quantitative estimate of drug-likeness (QED) is 0.390. The number of hydrogen-bond acceptors (Lipinski definition) is 2. The molecule has 0 aromatic heterocycles. The second-order valence-corrected chi connectivity index (χ2v) is 4.29. The van der Waals surface area contributed by atoms with Gasteiger partial charge in [-0.3, -0.25) is 0 Å². The van der Waals surface area contributed by atoms with Gasteiger partial charge < -0.3 is 5.11 Å². The maximum atomic E-state index is 11.0. The molecule has 4 heteroatoms. The van der Waals surface area contributed by atoms with E-state index in [2.05, 4.69) is 6.07 Å². The van der Waals surface area contributed by atoms with Crippen LogP contribution in [0.3, 0.4) is 0 Å². The molecule has 0 aliphatic heterocycles. The molecule has 1 aliphatic rings. The highest BCUT2D eigenvalue weighted by Gasteiger charge is 2.23. The summed E-state index contributed by atoms with van der Waals surface area (Å²) >= 11 is 0. The number of carbonyl (C=O) groups is 1. The summed E-state index contributed by atoms with van der Waals surface area (Å²) in [5.74, 6) is 5.58. The van der Waals surface area contributed by atoms with E-state index < -0.39 is 6.09 Å². The highest BCUT2D eigenvalue weighted by Crippen LogP contribution is 2.40. The van der Waals surface area contributed by atoms with E-state index in [4.69, 9.17) is 10.9 Å². The lowest BCUT2D eigenvalue weighted by molar-refractivity contribution is 0.202. The molecule has 0 saturated heterocycles. The van der Waals surface area contributed by atoms with Gasteiger partial charge in [-0.25, -0.2) is 15.6 Å². The maximum absolute atomic E-state index is 11.0. The van der Waals surface area contributed by atoms with Crippen molar-refractivity contribution in [3.05, 3.63) is 53.6 Å². The first kappa shape index (κ1) is 10.8. The average molecular weight is 240 g/mol. The topological polar surface area (TPSA) is 66.6 Å². The summed E-state index contributed by atoms with van der Waals surface area (Å²) in [6, 6.07) is 13.6. The van der Waals surface area contributed by atoms with Crippen molar-refractivity contribution in [3.8, 4) is 11.1 Å². The normalized spacial score (nSPS) is 11.8. The number of fused-ring (bicyclic) bond motifs is 3. The Kier molecular flexibility index (Phi) is 2.31. The Morgan fingerprint density at radius 2 is 1.83 bits per heavy atom. The molecule has 0 atom stereocenters. The smallest absolute Gasteiger partial charge is 0.426 e. The number of anilines is 1. The van der Waals surface area contributed by atoms with Gasteiger partial charge >= 0.3 is 6.09 Å². The third kappa shape index (κ3) is 1.47. The Labute approximate surface area is 104 Å². The van der Waals surface area contributed by atoms with E-state index in [-0.39, 0.29) is 0 Å². The fourth-order valence-corrected chi connectivity index (χ4v) is 2.47. The Morgan fingerprint density at radius 3 is 2.61 bits per heavy atom. The van der Waals surface area contributed by atoms with Crippen LogP contribution in [0.1, 0.15) is 11.1 Å². The first-order valence-electron chi connectivity index (χ1n) is 5.66. The van der Waals surface area contributed by atoms with Crippen LogP contribution in [-0.4, -0.2) is 11.2 Å². The third-order valence-corrected chi connectivity index (χ3v) is 3.29. The van der Waals surface area contributed by atoms with Crippen molar-refractivity contribution in [1.82, 2.24) is 0 Å². The van der Waals surface area contributed by atoms with Gasteiger partial charge in [-0.05, 0) is 28.3 Å². The van der Waals surface area contributed by atoms with Crippen molar-refractivity contribution < 1.29 is 9.90 Å². The minimum absolute atomic E-state index is 0.552. The number of carboxylic acid groups (broad SMARTS) is 1. The van der Waals surface area contributed by atoms with Crippen LogP contribution in [0, 0.1) is 0 Å². The Hall–Kier alpha value is -2.33. The Balaban J connectivity index is 2.17. The Morgan fingerprint density at radius 1 is 1.11 bits per heavy atom. The fraction of sp³-hybridized carbons (Fsp3) is 0.0714. The summed E-state index contributed by atoms with van der Waals surface area (Å²) in [5, 5.41) is 9.77. The van der Waals surface area contributed by atoms with Gasteiger partial charge in [-0.15, -0.1) is 0 Å². The molecule has 1 amide bonds. The number of amides is 1. The molecule has 0 radical (unpaired) electrons. The maximum Gasteiger partial charge on any atom is 0.426 e. The summed E-state index contributed by atoms with van der Waals surface area (Å²) in [6.07, 6.45) is -0.429. The van der Waals surface area contributed by atoms with Gasteiger partial charge in [0.15, 0.2) is 0 Å². The molecule has 0 unspecified atom stereocenters. The van der Waals surface area contributed by atoms with E-state index in [1.807, 2.05) is 30.3 Å². The molecule has 3 rings (SSSR count). The van der Waals surface area contributed by atoms with Gasteiger partial charge in [-0.1, -0.05) is 36.4 Å². The minimum Gasteiger partial charge on any atom is -0.464 e. The van der Waals surface area contributed by atoms with E-state index in [0.717, 1.165) is 28.1 Å². The first-order valence-corrected chi connectivity index (χ1v) is 5.66. The predicted molar refractivity (Wildman–Crippen MR) is 69.4 cm³/mol. The van der Waals surface area contributed by atoms with E-state index in [1.54, 1.807) is 6.07 Å². The van der Waals surface area contributed by atoms with Crippen molar-refractivity contribution in [3.63, 3.8) is 0 Å². The van der Waals surface area contributed by atoms with Crippen LogP contribution in [-0.2, 0) is 6.42 Å². The minimum atomic E-state index is -1.15. The van der Waals surface area contributed by atoms with Crippen LogP contribution in [0.4, 0.5) is 10.5 Å². The third-order valence-electron chi connectivity index (χ3n) is 3.29. The van der Waals surface area contributed by atoms with Crippen molar-refractivity contribution in [2.24, 2.45) is 5.84 Å². The van der Waals surface area contributed by atoms with Crippen molar-refractivity contribution >= 4 is 11.8 Å². The lowest BCUT2D eigenvalue weighted by Crippen LogP contribution is -2.36. The molecule has 4 nitrogen and oxygen atoms in total. The van der Waals surface area contributed by atoms with Gasteiger partial charge in [0.05, 0.1) is 5.69 Å². The molecular weight excluding hydrogens is 228 g/mol. The van der Waals surface area contributed by atoms with E-state index in [1.165, 1.54) is 5.56 Å². The van der Waals surface area contributed by atoms with Crippen LogP contribution < -0.4 is 10.9 Å². The number of nitrogens with zero attached hydrogens (tertiary/aromatic N) is 1. The van der Waals surface area contributed by atoms with Crippen LogP contribution >= 0.6 is 0 Å². The molecule has 0 fully saturated rings. The van der Waals surface area contributed by atoms with Crippen molar-refractivity contribution in [1.29, 1.82) is 0 Å². The fourth-order valence-electron chi connectivity index (χ4n) is 2.47. The first-order chi connectivity index (χ1) is 8.68. The van der Waals surface area contributed by atoms with E-state index in [0.29, 0.717) is 5.69 Å². The summed E-state index contributed by atoms with van der Waals surface area (Å²) in [7, 11) is 0. The molecule has 90 valence electrons. The lowest BCUT2D eigenvalue weighted by atomic mass is 10.0. The van der Waals surface area contributed by atoms with Crippen LogP contribution in [0.2, 0.25) is 0 Å². The van der Waals surface area contributed by atoms with E-state index >= 15 is 0 Å². The average Bonchev–Trinajstić information content (AvgIpc) is 2.76.